The van der Waals surface area contributed by atoms with Crippen molar-refractivity contribution in [1.82, 2.24) is 15.6 Å². The first kappa shape index (κ1) is 18.2. The summed E-state index contributed by atoms with van der Waals surface area (Å²) in [6.07, 6.45) is 4.17. The third-order valence-electron chi connectivity index (χ3n) is 4.06. The Bertz CT molecular complexity index is 668. The second-order valence-corrected chi connectivity index (χ2v) is 6.68. The number of thiazole rings is 1. The average molecular weight is 442 g/mol. The van der Waals surface area contributed by atoms with Crippen LogP contribution < -0.4 is 10.6 Å². The van der Waals surface area contributed by atoms with Crippen LogP contribution in [0.4, 0.5) is 0 Å². The van der Waals surface area contributed by atoms with Gasteiger partial charge < -0.3 is 10.6 Å². The van der Waals surface area contributed by atoms with Gasteiger partial charge in [-0.25, -0.2) is 4.98 Å². The van der Waals surface area contributed by atoms with Crippen molar-refractivity contribution in [3.63, 3.8) is 0 Å². The van der Waals surface area contributed by atoms with Gasteiger partial charge in [-0.05, 0) is 24.0 Å². The number of halogens is 1. The molecule has 0 radical (unpaired) electrons. The topological polar surface area (TPSA) is 49.3 Å². The molecule has 2 aromatic rings. The van der Waals surface area contributed by atoms with Gasteiger partial charge in [-0.1, -0.05) is 31.2 Å². The fourth-order valence-electron chi connectivity index (χ4n) is 2.74. The van der Waals surface area contributed by atoms with Crippen molar-refractivity contribution in [2.24, 2.45) is 4.99 Å². The molecule has 4 nitrogen and oxygen atoms in total. The van der Waals surface area contributed by atoms with Crippen LogP contribution in [0.2, 0.25) is 0 Å². The monoisotopic (exact) mass is 442 g/mol. The normalized spacial score (nSPS) is 16.1. The Morgan fingerprint density at radius 2 is 2.17 bits per heavy atom. The molecule has 2 N–H and O–H groups in total. The maximum Gasteiger partial charge on any atom is 0.191 e. The molecule has 0 amide bonds. The number of aliphatic imine (C=N–C) groups is 1. The summed E-state index contributed by atoms with van der Waals surface area (Å²) in [6, 6.07) is 8.67. The summed E-state index contributed by atoms with van der Waals surface area (Å²) in [4.78, 5) is 10.0. The van der Waals surface area contributed by atoms with E-state index in [9.17, 15) is 0 Å². The van der Waals surface area contributed by atoms with Crippen LogP contribution in [-0.2, 0) is 19.4 Å². The first-order valence-corrected chi connectivity index (χ1v) is 8.57. The largest absolute Gasteiger partial charge is 0.356 e. The van der Waals surface area contributed by atoms with E-state index in [1.807, 2.05) is 13.2 Å². The van der Waals surface area contributed by atoms with E-state index in [0.717, 1.165) is 36.9 Å². The van der Waals surface area contributed by atoms with E-state index in [4.69, 9.17) is 0 Å². The number of hydrogen-bond donors (Lipinski definition) is 2. The maximum absolute atomic E-state index is 4.42. The molecule has 1 aromatic carbocycles. The number of nitrogens with one attached hydrogen (secondary N) is 2. The molecule has 1 heterocycles. The first-order chi connectivity index (χ1) is 10.8. The van der Waals surface area contributed by atoms with Gasteiger partial charge in [-0.15, -0.1) is 35.3 Å². The minimum atomic E-state index is 0. The second kappa shape index (κ2) is 8.63. The van der Waals surface area contributed by atoms with Crippen LogP contribution in [0.15, 0.2) is 35.5 Å². The highest BCUT2D eigenvalue weighted by atomic mass is 127. The molecule has 0 spiro atoms. The highest BCUT2D eigenvalue weighted by molar-refractivity contribution is 14.0. The summed E-state index contributed by atoms with van der Waals surface area (Å²) < 4.78 is 0. The summed E-state index contributed by atoms with van der Waals surface area (Å²) in [6.45, 7) is 3.81. The molecule has 6 heteroatoms. The van der Waals surface area contributed by atoms with Gasteiger partial charge in [-0.3, -0.25) is 4.99 Å². The number of benzene rings is 1. The van der Waals surface area contributed by atoms with Crippen LogP contribution in [0.3, 0.4) is 0 Å². The van der Waals surface area contributed by atoms with Crippen LogP contribution in [0, 0.1) is 0 Å². The predicted molar refractivity (Wildman–Crippen MR) is 108 cm³/mol. The smallest absolute Gasteiger partial charge is 0.191 e. The summed E-state index contributed by atoms with van der Waals surface area (Å²) in [7, 11) is 1.81. The fourth-order valence-corrected chi connectivity index (χ4v) is 3.54. The van der Waals surface area contributed by atoms with Crippen LogP contribution in [0.1, 0.15) is 33.9 Å². The summed E-state index contributed by atoms with van der Waals surface area (Å²) in [5, 5.41) is 7.86. The van der Waals surface area contributed by atoms with Gasteiger partial charge in [0, 0.05) is 30.6 Å². The van der Waals surface area contributed by atoms with Crippen LogP contribution in [0.5, 0.6) is 0 Å². The minimum Gasteiger partial charge on any atom is -0.356 e. The second-order valence-electron chi connectivity index (χ2n) is 5.48. The number of hydrogen-bond acceptors (Lipinski definition) is 3. The molecule has 1 aliphatic carbocycles. The predicted octanol–water partition coefficient (Wildman–Crippen LogP) is 3.33. The summed E-state index contributed by atoms with van der Waals surface area (Å²) >= 11 is 1.76. The average Bonchev–Trinajstić information content (AvgIpc) is 2.99. The van der Waals surface area contributed by atoms with Crippen LogP contribution >= 0.6 is 35.3 Å². The Morgan fingerprint density at radius 3 is 2.87 bits per heavy atom. The molecule has 0 fully saturated rings. The van der Waals surface area contributed by atoms with Gasteiger partial charge in [0.05, 0.1) is 6.54 Å². The quantitative estimate of drug-likeness (QED) is 0.425. The minimum absolute atomic E-state index is 0. The fraction of sp³-hybridized carbons (Fsp3) is 0.412. The van der Waals surface area contributed by atoms with Gasteiger partial charge in [0.25, 0.3) is 0 Å². The molecular formula is C17H23IN4S. The molecule has 1 unspecified atom stereocenters. The van der Waals surface area contributed by atoms with E-state index in [1.165, 1.54) is 16.0 Å². The van der Waals surface area contributed by atoms with Gasteiger partial charge in [0.1, 0.15) is 5.01 Å². The first-order valence-electron chi connectivity index (χ1n) is 7.76. The SMILES string of the molecule is CCc1cnc(CNC(=NC)NCC2Cc3ccccc32)s1.I. The maximum atomic E-state index is 4.42. The van der Waals surface area contributed by atoms with E-state index < -0.39 is 0 Å². The van der Waals surface area contributed by atoms with E-state index >= 15 is 0 Å². The lowest BCUT2D eigenvalue weighted by molar-refractivity contribution is 0.584. The molecule has 1 aliphatic rings. The number of guanidine groups is 1. The van der Waals surface area contributed by atoms with Crippen molar-refractivity contribution >= 4 is 41.3 Å². The molecular weight excluding hydrogens is 419 g/mol. The molecule has 0 bridgehead atoms. The van der Waals surface area contributed by atoms with E-state index in [-0.39, 0.29) is 24.0 Å². The van der Waals surface area contributed by atoms with E-state index in [1.54, 1.807) is 11.3 Å². The van der Waals surface area contributed by atoms with Gasteiger partial charge in [-0.2, -0.15) is 0 Å². The third kappa shape index (κ3) is 4.44. The highest BCUT2D eigenvalue weighted by Gasteiger charge is 2.25. The zero-order valence-electron chi connectivity index (χ0n) is 13.5. The lowest BCUT2D eigenvalue weighted by Crippen LogP contribution is -2.40. The molecule has 124 valence electrons. The van der Waals surface area contributed by atoms with Crippen molar-refractivity contribution in [2.75, 3.05) is 13.6 Å². The Hall–Kier alpha value is -1.15. The Balaban J connectivity index is 0.00000192. The van der Waals surface area contributed by atoms with Gasteiger partial charge >= 0.3 is 0 Å². The Labute approximate surface area is 158 Å². The summed E-state index contributed by atoms with van der Waals surface area (Å²) in [5.74, 6) is 1.44. The standard InChI is InChI=1S/C17H22N4S.HI/c1-3-14-10-19-16(22-14)11-21-17(18-2)20-9-13-8-12-6-4-5-7-15(12)13;/h4-7,10,13H,3,8-9,11H2,1-2H3,(H2,18,20,21);1H. The highest BCUT2D eigenvalue weighted by Crippen LogP contribution is 2.33. The lowest BCUT2D eigenvalue weighted by Gasteiger charge is -2.30. The zero-order valence-corrected chi connectivity index (χ0v) is 16.7. The van der Waals surface area contributed by atoms with Crippen molar-refractivity contribution in [3.8, 4) is 0 Å². The molecule has 3 rings (SSSR count). The van der Waals surface area contributed by atoms with Crippen LogP contribution in [0.25, 0.3) is 0 Å². The number of fused-ring (bicyclic) bond motifs is 1. The van der Waals surface area contributed by atoms with Gasteiger partial charge in [0.2, 0.25) is 0 Å². The van der Waals surface area contributed by atoms with E-state index in [2.05, 4.69) is 51.8 Å². The number of aromatic nitrogens is 1. The van der Waals surface area contributed by atoms with E-state index in [0.29, 0.717) is 5.92 Å². The van der Waals surface area contributed by atoms with Crippen molar-refractivity contribution in [3.05, 3.63) is 51.5 Å². The molecule has 0 aliphatic heterocycles. The number of rotatable bonds is 5. The van der Waals surface area contributed by atoms with Crippen molar-refractivity contribution in [1.29, 1.82) is 0 Å². The molecule has 1 aromatic heterocycles. The molecule has 0 saturated heterocycles. The Kier molecular flexibility index (Phi) is 6.83. The molecule has 0 saturated carbocycles. The van der Waals surface area contributed by atoms with Crippen molar-refractivity contribution < 1.29 is 0 Å². The summed E-state index contributed by atoms with van der Waals surface area (Å²) in [5.41, 5.74) is 2.95. The van der Waals surface area contributed by atoms with Gasteiger partial charge in [0.15, 0.2) is 5.96 Å². The zero-order chi connectivity index (χ0) is 15.4. The third-order valence-corrected chi connectivity index (χ3v) is 5.20. The molecule has 1 atom stereocenters. The Morgan fingerprint density at radius 1 is 1.35 bits per heavy atom. The molecule has 23 heavy (non-hydrogen) atoms. The number of nitrogens with zero attached hydrogens (tertiary/aromatic N) is 2. The number of aryl methyl sites for hydroxylation is 1. The van der Waals surface area contributed by atoms with Crippen molar-refractivity contribution in [2.45, 2.75) is 32.2 Å². The van der Waals surface area contributed by atoms with Crippen LogP contribution in [-0.4, -0.2) is 24.5 Å². The lowest BCUT2D eigenvalue weighted by atomic mass is 9.78.